The SMILES string of the molecule is O=[N+]([O-])C1([N+](=O)[O-])C[NH2+]C1.O=[N+]([O-])[O-]. The molecule has 0 aliphatic carbocycles. The van der Waals surface area contributed by atoms with Crippen LogP contribution in [0.2, 0.25) is 0 Å². The third-order valence-electron chi connectivity index (χ3n) is 1.62. The van der Waals surface area contributed by atoms with Gasteiger partial charge < -0.3 is 20.6 Å². The third-order valence-corrected chi connectivity index (χ3v) is 1.62. The highest BCUT2D eigenvalue weighted by Crippen LogP contribution is 2.09. The maximum Gasteiger partial charge on any atom is 0.551 e. The van der Waals surface area contributed by atoms with Crippen LogP contribution in [0.4, 0.5) is 0 Å². The van der Waals surface area contributed by atoms with Crippen LogP contribution in [0.3, 0.4) is 0 Å². The molecule has 0 saturated carbocycles. The van der Waals surface area contributed by atoms with Crippen molar-refractivity contribution in [3.05, 3.63) is 35.6 Å². The summed E-state index contributed by atoms with van der Waals surface area (Å²) in [6, 6.07) is 0. The van der Waals surface area contributed by atoms with Crippen LogP contribution in [-0.4, -0.2) is 33.7 Å². The molecule has 1 rings (SSSR count). The first-order valence-electron chi connectivity index (χ1n) is 3.25. The minimum atomic E-state index is -1.89. The Hall–Kier alpha value is -2.04. The average molecular weight is 210 g/mol. The minimum absolute atomic E-state index is 0.0486. The Morgan fingerprint density at radius 3 is 1.21 bits per heavy atom. The number of nitrogens with zero attached hydrogens (tertiary/aromatic N) is 3. The van der Waals surface area contributed by atoms with Crippen LogP contribution in [-0.2, 0) is 0 Å². The molecule has 0 bridgehead atoms. The second-order valence-corrected chi connectivity index (χ2v) is 2.42. The molecule has 0 atom stereocenters. The second kappa shape index (κ2) is 4.27. The topological polar surface area (TPSA) is 169 Å². The normalized spacial score (nSPS) is 16.9. The Labute approximate surface area is 75.7 Å². The highest BCUT2D eigenvalue weighted by molar-refractivity contribution is 4.68. The first-order chi connectivity index (χ1) is 6.33. The fourth-order valence-corrected chi connectivity index (χ4v) is 0.767. The van der Waals surface area contributed by atoms with Crippen LogP contribution < -0.4 is 5.32 Å². The van der Waals surface area contributed by atoms with Crippen molar-refractivity contribution < 1.29 is 20.3 Å². The van der Waals surface area contributed by atoms with Crippen LogP contribution in [0.5, 0.6) is 0 Å². The van der Waals surface area contributed by atoms with Crippen LogP contribution >= 0.6 is 0 Å². The Kier molecular flexibility index (Phi) is 3.65. The number of quaternary nitrogens is 1. The molecule has 0 aromatic rings. The molecule has 2 N–H and O–H groups in total. The maximum atomic E-state index is 10.1. The molecule has 80 valence electrons. The molecule has 11 nitrogen and oxygen atoms in total. The van der Waals surface area contributed by atoms with Gasteiger partial charge in [-0.05, 0) is 0 Å². The molecular weight excluding hydrogens is 204 g/mol. The predicted octanol–water partition coefficient (Wildman–Crippen LogP) is -2.43. The lowest BCUT2D eigenvalue weighted by molar-refractivity contribution is -0.932. The van der Waals surface area contributed by atoms with Crippen molar-refractivity contribution in [1.82, 2.24) is 0 Å². The van der Waals surface area contributed by atoms with Crippen LogP contribution in [0.25, 0.3) is 0 Å². The average Bonchev–Trinajstić information content (AvgIpc) is 1.78. The van der Waals surface area contributed by atoms with Gasteiger partial charge in [0.2, 0.25) is 13.1 Å². The van der Waals surface area contributed by atoms with Gasteiger partial charge >= 0.3 is 5.66 Å². The summed E-state index contributed by atoms with van der Waals surface area (Å²) in [6.45, 7) is -0.0972. The van der Waals surface area contributed by atoms with Gasteiger partial charge in [-0.15, -0.1) is 0 Å². The number of nitrogens with two attached hydrogens (primary N) is 1. The van der Waals surface area contributed by atoms with Gasteiger partial charge in [-0.1, -0.05) is 0 Å². The van der Waals surface area contributed by atoms with E-state index in [-0.39, 0.29) is 13.1 Å². The molecule has 1 heterocycles. The van der Waals surface area contributed by atoms with Crippen LogP contribution in [0.15, 0.2) is 0 Å². The molecule has 14 heavy (non-hydrogen) atoms. The first-order valence-corrected chi connectivity index (χ1v) is 3.25. The van der Waals surface area contributed by atoms with Crippen molar-refractivity contribution >= 4 is 0 Å². The molecule has 1 saturated heterocycles. The van der Waals surface area contributed by atoms with Crippen molar-refractivity contribution in [2.75, 3.05) is 13.1 Å². The lowest BCUT2D eigenvalue weighted by atomic mass is 10.1. The summed E-state index contributed by atoms with van der Waals surface area (Å²) < 4.78 is 0. The second-order valence-electron chi connectivity index (χ2n) is 2.42. The van der Waals surface area contributed by atoms with Gasteiger partial charge in [0.25, 0.3) is 0 Å². The zero-order chi connectivity index (χ0) is 11.4. The molecule has 0 aromatic heterocycles. The molecule has 0 radical (unpaired) electrons. The van der Waals surface area contributed by atoms with E-state index < -0.39 is 20.6 Å². The fraction of sp³-hybridized carbons (Fsp3) is 1.00. The molecular formula is C3H6N4O7. The lowest BCUT2D eigenvalue weighted by Gasteiger charge is -2.20. The molecule has 0 unspecified atom stereocenters. The monoisotopic (exact) mass is 210 g/mol. The summed E-state index contributed by atoms with van der Waals surface area (Å²) in [6.07, 6.45) is 0. The van der Waals surface area contributed by atoms with E-state index in [0.717, 1.165) is 0 Å². The highest BCUT2D eigenvalue weighted by atomic mass is 16.9. The zero-order valence-electron chi connectivity index (χ0n) is 6.69. The summed E-state index contributed by atoms with van der Waals surface area (Å²) in [5.41, 5.74) is -1.89. The lowest BCUT2D eigenvalue weighted by Crippen LogP contribution is -3.05. The largest absolute Gasteiger partial charge is 0.551 e. The Morgan fingerprint density at radius 2 is 1.21 bits per heavy atom. The minimum Gasteiger partial charge on any atom is -0.356 e. The van der Waals surface area contributed by atoms with Gasteiger partial charge in [-0.3, -0.25) is 20.2 Å². The number of hydrogen-bond acceptors (Lipinski definition) is 7. The molecule has 1 fully saturated rings. The van der Waals surface area contributed by atoms with E-state index in [2.05, 4.69) is 0 Å². The van der Waals surface area contributed by atoms with Gasteiger partial charge in [0.1, 0.15) is 9.85 Å². The molecule has 0 amide bonds. The van der Waals surface area contributed by atoms with Crippen molar-refractivity contribution in [3.8, 4) is 0 Å². The third kappa shape index (κ3) is 2.48. The van der Waals surface area contributed by atoms with E-state index in [1.165, 1.54) is 5.32 Å². The number of rotatable bonds is 2. The smallest absolute Gasteiger partial charge is 0.356 e. The Balaban J connectivity index is 0.000000364. The number of hydrogen-bond donors (Lipinski definition) is 1. The van der Waals surface area contributed by atoms with Crippen LogP contribution in [0, 0.1) is 35.6 Å². The van der Waals surface area contributed by atoms with Gasteiger partial charge in [0.05, 0.1) is 5.09 Å². The molecule has 11 heteroatoms. The van der Waals surface area contributed by atoms with E-state index in [4.69, 9.17) is 15.3 Å². The van der Waals surface area contributed by atoms with Crippen molar-refractivity contribution in [2.24, 2.45) is 0 Å². The fourth-order valence-electron chi connectivity index (χ4n) is 0.767. The number of nitro groups is 2. The van der Waals surface area contributed by atoms with Gasteiger partial charge in [-0.2, -0.15) is 0 Å². The van der Waals surface area contributed by atoms with Gasteiger partial charge in [0, 0.05) is 0 Å². The van der Waals surface area contributed by atoms with Crippen molar-refractivity contribution in [3.63, 3.8) is 0 Å². The standard InChI is InChI=1S/C3H5N3O4.NO3/c7-5(8)3(6(9)10)1-4-2-3;2-1(3)4/h4H,1-2H2;/q;-1/p+1. The van der Waals surface area contributed by atoms with E-state index in [1.807, 2.05) is 0 Å². The van der Waals surface area contributed by atoms with E-state index in [0.29, 0.717) is 0 Å². The Morgan fingerprint density at radius 1 is 0.929 bits per heavy atom. The van der Waals surface area contributed by atoms with E-state index in [9.17, 15) is 20.2 Å². The summed E-state index contributed by atoms with van der Waals surface area (Å²) in [4.78, 5) is 26.8. The summed E-state index contributed by atoms with van der Waals surface area (Å²) in [5.74, 6) is 0. The van der Waals surface area contributed by atoms with E-state index >= 15 is 0 Å². The quantitative estimate of drug-likeness (QED) is 0.300. The zero-order valence-corrected chi connectivity index (χ0v) is 6.69. The van der Waals surface area contributed by atoms with Gasteiger partial charge in [0.15, 0.2) is 0 Å². The first kappa shape index (κ1) is 12.0. The molecule has 0 aromatic carbocycles. The van der Waals surface area contributed by atoms with E-state index in [1.54, 1.807) is 0 Å². The summed E-state index contributed by atoms with van der Waals surface area (Å²) >= 11 is 0. The molecule has 1 aliphatic rings. The van der Waals surface area contributed by atoms with Crippen molar-refractivity contribution in [2.45, 2.75) is 5.66 Å². The molecule has 1 aliphatic heterocycles. The highest BCUT2D eigenvalue weighted by Gasteiger charge is 2.67. The summed E-state index contributed by atoms with van der Waals surface area (Å²) in [7, 11) is 0. The maximum absolute atomic E-state index is 10.1. The van der Waals surface area contributed by atoms with Crippen LogP contribution in [0.1, 0.15) is 0 Å². The molecule has 0 spiro atoms. The summed E-state index contributed by atoms with van der Waals surface area (Å²) in [5, 5.41) is 36.5. The Bertz CT molecular complexity index is 240. The predicted molar refractivity (Wildman–Crippen MR) is 38.7 cm³/mol. The van der Waals surface area contributed by atoms with Gasteiger partial charge in [-0.25, -0.2) is 0 Å². The van der Waals surface area contributed by atoms with Crippen molar-refractivity contribution in [1.29, 1.82) is 0 Å².